The number of halogens is 1. The molecule has 2 aromatic heterocycles. The molecule has 0 spiro atoms. The predicted molar refractivity (Wildman–Crippen MR) is 126 cm³/mol. The Morgan fingerprint density at radius 1 is 1.09 bits per heavy atom. The van der Waals surface area contributed by atoms with Crippen LogP contribution in [-0.2, 0) is 20.3 Å². The van der Waals surface area contributed by atoms with E-state index in [1.54, 1.807) is 36.4 Å². The first-order valence-corrected chi connectivity index (χ1v) is 11.5. The van der Waals surface area contributed by atoms with Crippen molar-refractivity contribution in [2.24, 2.45) is 5.16 Å². The Balaban J connectivity index is 2.04. The number of nitrogen functional groups attached to an aromatic ring is 1. The molecule has 0 aliphatic carbocycles. The third-order valence-electron chi connectivity index (χ3n) is 4.60. The topological polar surface area (TPSA) is 120 Å². The summed E-state index contributed by atoms with van der Waals surface area (Å²) < 4.78 is 28.8. The van der Waals surface area contributed by atoms with Gasteiger partial charge in [0, 0.05) is 18.0 Å². The number of benzene rings is 1. The van der Waals surface area contributed by atoms with E-state index in [9.17, 15) is 8.42 Å². The molecule has 3 N–H and O–H groups in total. The fraction of sp³-hybridized carbons (Fsp3) is 0.227. The first-order valence-electron chi connectivity index (χ1n) is 9.63. The van der Waals surface area contributed by atoms with Crippen LogP contribution < -0.4 is 10.5 Å². The zero-order chi connectivity index (χ0) is 23.5. The molecular formula is C22H24ClN5O3S. The maximum Gasteiger partial charge on any atom is 0.261 e. The highest BCUT2D eigenvalue weighted by atomic mass is 35.5. The summed E-state index contributed by atoms with van der Waals surface area (Å²) in [7, 11) is -2.56. The number of oxime groups is 1. The van der Waals surface area contributed by atoms with Crippen LogP contribution in [0.3, 0.4) is 0 Å². The highest BCUT2D eigenvalue weighted by Gasteiger charge is 2.22. The minimum absolute atomic E-state index is 0.0988. The Kier molecular flexibility index (Phi) is 6.71. The van der Waals surface area contributed by atoms with Crippen LogP contribution in [0.2, 0.25) is 5.02 Å². The Morgan fingerprint density at radius 2 is 1.78 bits per heavy atom. The monoisotopic (exact) mass is 473 g/mol. The van der Waals surface area contributed by atoms with Gasteiger partial charge in [-0.3, -0.25) is 9.71 Å². The number of nitrogens with one attached hydrogen (secondary N) is 1. The van der Waals surface area contributed by atoms with Crippen LogP contribution in [0, 0.1) is 0 Å². The predicted octanol–water partition coefficient (Wildman–Crippen LogP) is 4.21. The molecule has 32 heavy (non-hydrogen) atoms. The molecule has 0 aliphatic rings. The lowest BCUT2D eigenvalue weighted by Crippen LogP contribution is -2.18. The van der Waals surface area contributed by atoms with E-state index in [2.05, 4.69) is 40.6 Å². The number of hydrogen-bond acceptors (Lipinski definition) is 7. The van der Waals surface area contributed by atoms with E-state index in [4.69, 9.17) is 22.2 Å². The van der Waals surface area contributed by atoms with E-state index in [0.717, 1.165) is 5.56 Å². The molecule has 3 aromatic rings. The number of rotatable bonds is 6. The highest BCUT2D eigenvalue weighted by Crippen LogP contribution is 2.27. The average Bonchev–Trinajstić information content (AvgIpc) is 2.73. The van der Waals surface area contributed by atoms with E-state index in [1.807, 2.05) is 0 Å². The Labute approximate surface area is 192 Å². The van der Waals surface area contributed by atoms with Gasteiger partial charge < -0.3 is 10.6 Å². The lowest BCUT2D eigenvalue weighted by atomic mass is 9.87. The van der Waals surface area contributed by atoms with Crippen molar-refractivity contribution >= 4 is 38.8 Å². The molecule has 0 aliphatic heterocycles. The van der Waals surface area contributed by atoms with Gasteiger partial charge in [-0.25, -0.2) is 13.4 Å². The average molecular weight is 474 g/mol. The summed E-state index contributed by atoms with van der Waals surface area (Å²) >= 11 is 6.11. The molecule has 0 amide bonds. The lowest BCUT2D eigenvalue weighted by Gasteiger charge is -2.19. The molecule has 1 aromatic carbocycles. The first kappa shape index (κ1) is 23.5. The van der Waals surface area contributed by atoms with E-state index >= 15 is 0 Å². The minimum atomic E-state index is -3.93. The van der Waals surface area contributed by atoms with Crippen molar-refractivity contribution in [3.8, 4) is 0 Å². The van der Waals surface area contributed by atoms with E-state index in [-0.39, 0.29) is 32.4 Å². The maximum absolute atomic E-state index is 13.1. The lowest BCUT2D eigenvalue weighted by molar-refractivity contribution is 0.214. The third kappa shape index (κ3) is 5.35. The molecule has 2 heterocycles. The van der Waals surface area contributed by atoms with Crippen LogP contribution >= 0.6 is 11.6 Å². The van der Waals surface area contributed by atoms with Crippen LogP contribution in [0.25, 0.3) is 0 Å². The smallest absolute Gasteiger partial charge is 0.261 e. The second kappa shape index (κ2) is 9.13. The summed E-state index contributed by atoms with van der Waals surface area (Å²) in [4.78, 5) is 13.4. The van der Waals surface area contributed by atoms with Crippen LogP contribution in [0.5, 0.6) is 0 Å². The molecule has 168 valence electrons. The summed E-state index contributed by atoms with van der Waals surface area (Å²) in [6, 6.07) is 11.5. The van der Waals surface area contributed by atoms with Gasteiger partial charge in [-0.1, -0.05) is 49.7 Å². The maximum atomic E-state index is 13.1. The summed E-state index contributed by atoms with van der Waals surface area (Å²) in [6.45, 7) is 6.17. The molecule has 0 fully saturated rings. The van der Waals surface area contributed by atoms with Gasteiger partial charge in [0.05, 0.1) is 15.6 Å². The molecule has 8 nitrogen and oxygen atoms in total. The van der Waals surface area contributed by atoms with Crippen molar-refractivity contribution in [3.63, 3.8) is 0 Å². The Bertz CT molecular complexity index is 1240. The van der Waals surface area contributed by atoms with Crippen molar-refractivity contribution in [3.05, 3.63) is 76.7 Å². The van der Waals surface area contributed by atoms with Crippen LogP contribution in [-0.4, -0.2) is 31.2 Å². The molecule has 10 heteroatoms. The van der Waals surface area contributed by atoms with E-state index < -0.39 is 10.0 Å². The number of nitrogens with zero attached hydrogens (tertiary/aromatic N) is 3. The van der Waals surface area contributed by atoms with Crippen LogP contribution in [0.4, 0.5) is 11.5 Å². The van der Waals surface area contributed by atoms with Crippen molar-refractivity contribution in [2.45, 2.75) is 31.1 Å². The molecule has 0 unspecified atom stereocenters. The normalized spacial score (nSPS) is 12.5. The number of aromatic nitrogens is 2. The van der Waals surface area contributed by atoms with Gasteiger partial charge >= 0.3 is 0 Å². The third-order valence-corrected chi connectivity index (χ3v) is 6.18. The molecule has 3 rings (SSSR count). The van der Waals surface area contributed by atoms with Gasteiger partial charge in [0.1, 0.15) is 24.3 Å². The zero-order valence-electron chi connectivity index (χ0n) is 18.1. The van der Waals surface area contributed by atoms with Crippen LogP contribution in [0.15, 0.2) is 64.9 Å². The first-order chi connectivity index (χ1) is 15.0. The number of pyridine rings is 2. The molecule has 0 saturated heterocycles. The second-order valence-corrected chi connectivity index (χ2v) is 10.1. The summed E-state index contributed by atoms with van der Waals surface area (Å²) in [5.74, 6) is 0.328. The van der Waals surface area contributed by atoms with Crippen molar-refractivity contribution < 1.29 is 13.3 Å². The van der Waals surface area contributed by atoms with E-state index in [0.29, 0.717) is 11.4 Å². The van der Waals surface area contributed by atoms with Gasteiger partial charge in [0.15, 0.2) is 0 Å². The Hall–Kier alpha value is -3.17. The van der Waals surface area contributed by atoms with Crippen molar-refractivity contribution in [2.75, 3.05) is 17.6 Å². The number of nitrogens with two attached hydrogens (primary N) is 1. The standard InChI is InChI=1S/C22H24ClN5O3S/c1-22(2,3)15-6-8-17(9-7-15)32(29,30)28-18-11-16(23)13-26-21(18)20(27-31-4)14-5-10-19(24)25-12-14/h5-13,28H,1-4H3,(H2,24,25)/b27-20-. The van der Waals surface area contributed by atoms with Crippen molar-refractivity contribution in [1.29, 1.82) is 0 Å². The highest BCUT2D eigenvalue weighted by molar-refractivity contribution is 7.92. The molecular weight excluding hydrogens is 450 g/mol. The molecule has 0 atom stereocenters. The van der Waals surface area contributed by atoms with Gasteiger partial charge in [-0.2, -0.15) is 0 Å². The summed E-state index contributed by atoms with van der Waals surface area (Å²) in [6.07, 6.45) is 2.88. The minimum Gasteiger partial charge on any atom is -0.399 e. The fourth-order valence-electron chi connectivity index (χ4n) is 2.91. The number of anilines is 2. The number of sulfonamides is 1. The summed E-state index contributed by atoms with van der Waals surface area (Å²) in [5.41, 5.74) is 7.75. The van der Waals surface area contributed by atoms with Gasteiger partial charge in [0.2, 0.25) is 0 Å². The van der Waals surface area contributed by atoms with Crippen LogP contribution in [0.1, 0.15) is 37.6 Å². The Morgan fingerprint density at radius 3 is 2.34 bits per heavy atom. The summed E-state index contributed by atoms with van der Waals surface area (Å²) in [5, 5.41) is 4.27. The second-order valence-electron chi connectivity index (χ2n) is 8.02. The SMILES string of the molecule is CO/N=C(/c1ccc(N)nc1)c1ncc(Cl)cc1NS(=O)(=O)c1ccc(C(C)(C)C)cc1. The fourth-order valence-corrected chi connectivity index (χ4v) is 4.13. The van der Waals surface area contributed by atoms with E-state index in [1.165, 1.54) is 25.6 Å². The van der Waals surface area contributed by atoms with Crippen molar-refractivity contribution in [1.82, 2.24) is 9.97 Å². The van der Waals surface area contributed by atoms with Gasteiger partial charge in [-0.05, 0) is 41.3 Å². The number of hydrogen-bond donors (Lipinski definition) is 2. The van der Waals surface area contributed by atoms with Gasteiger partial charge in [0.25, 0.3) is 10.0 Å². The quantitative estimate of drug-likeness (QED) is 0.408. The largest absolute Gasteiger partial charge is 0.399 e. The molecule has 0 radical (unpaired) electrons. The van der Waals surface area contributed by atoms with Gasteiger partial charge in [-0.15, -0.1) is 0 Å². The zero-order valence-corrected chi connectivity index (χ0v) is 19.7. The molecule has 0 saturated carbocycles. The molecule has 0 bridgehead atoms.